The maximum Gasteiger partial charge on any atom is 0.316 e. The average molecular weight is 376 g/mol. The second kappa shape index (κ2) is 7.41. The first kappa shape index (κ1) is 19.5. The predicted molar refractivity (Wildman–Crippen MR) is 99.4 cm³/mol. The third-order valence-electron chi connectivity index (χ3n) is 6.58. The van der Waals surface area contributed by atoms with Gasteiger partial charge < -0.3 is 18.9 Å². The van der Waals surface area contributed by atoms with Gasteiger partial charge in [-0.25, -0.2) is 0 Å². The van der Waals surface area contributed by atoms with Crippen LogP contribution in [0.1, 0.15) is 44.1 Å². The molecular formula is C21H28O6. The highest BCUT2D eigenvalue weighted by Gasteiger charge is 2.62. The molecule has 1 spiro atoms. The fourth-order valence-electron chi connectivity index (χ4n) is 5.20. The number of hydrogen-bond donors (Lipinski definition) is 0. The number of ketones is 1. The van der Waals surface area contributed by atoms with Gasteiger partial charge in [0.25, 0.3) is 0 Å². The number of benzene rings is 1. The van der Waals surface area contributed by atoms with Crippen LogP contribution < -0.4 is 14.2 Å². The van der Waals surface area contributed by atoms with Crippen molar-refractivity contribution in [2.45, 2.75) is 38.5 Å². The summed E-state index contributed by atoms with van der Waals surface area (Å²) in [4.78, 5) is 26.1. The Morgan fingerprint density at radius 2 is 1.56 bits per heavy atom. The highest BCUT2D eigenvalue weighted by molar-refractivity contribution is 6.05. The first-order valence-corrected chi connectivity index (χ1v) is 9.37. The second-order valence-corrected chi connectivity index (χ2v) is 7.49. The zero-order valence-corrected chi connectivity index (χ0v) is 16.7. The van der Waals surface area contributed by atoms with Crippen LogP contribution in [0.2, 0.25) is 0 Å². The van der Waals surface area contributed by atoms with Crippen molar-refractivity contribution in [3.63, 3.8) is 0 Å². The van der Waals surface area contributed by atoms with Crippen LogP contribution in [-0.4, -0.2) is 40.2 Å². The van der Waals surface area contributed by atoms with Crippen LogP contribution in [0.5, 0.6) is 17.2 Å². The first-order chi connectivity index (χ1) is 12.9. The van der Waals surface area contributed by atoms with Crippen LogP contribution in [0.15, 0.2) is 12.1 Å². The van der Waals surface area contributed by atoms with Crippen LogP contribution in [-0.2, 0) is 14.3 Å². The van der Waals surface area contributed by atoms with E-state index in [0.717, 1.165) is 31.2 Å². The molecule has 2 saturated carbocycles. The number of rotatable bonds is 5. The molecule has 6 nitrogen and oxygen atoms in total. The molecule has 148 valence electrons. The van der Waals surface area contributed by atoms with Crippen molar-refractivity contribution in [3.8, 4) is 17.2 Å². The highest BCUT2D eigenvalue weighted by atomic mass is 16.5. The van der Waals surface area contributed by atoms with E-state index in [9.17, 15) is 9.59 Å². The Labute approximate surface area is 160 Å². The van der Waals surface area contributed by atoms with Crippen molar-refractivity contribution in [1.29, 1.82) is 0 Å². The van der Waals surface area contributed by atoms with Gasteiger partial charge in [-0.15, -0.1) is 0 Å². The fourth-order valence-corrected chi connectivity index (χ4v) is 5.20. The Hall–Kier alpha value is -2.24. The smallest absolute Gasteiger partial charge is 0.316 e. The van der Waals surface area contributed by atoms with Gasteiger partial charge in [0.2, 0.25) is 0 Å². The van der Waals surface area contributed by atoms with Crippen molar-refractivity contribution >= 4 is 11.8 Å². The van der Waals surface area contributed by atoms with Crippen molar-refractivity contribution in [2.24, 2.45) is 17.3 Å². The van der Waals surface area contributed by atoms with E-state index in [4.69, 9.17) is 18.9 Å². The van der Waals surface area contributed by atoms with Gasteiger partial charge in [0.05, 0.1) is 28.4 Å². The predicted octanol–water partition coefficient (Wildman–Crippen LogP) is 3.36. The summed E-state index contributed by atoms with van der Waals surface area (Å²) in [6.45, 7) is 2.07. The van der Waals surface area contributed by atoms with Crippen molar-refractivity contribution in [3.05, 3.63) is 17.7 Å². The summed E-state index contributed by atoms with van der Waals surface area (Å²) in [6, 6.07) is 3.53. The molecule has 2 aliphatic carbocycles. The second-order valence-electron chi connectivity index (χ2n) is 7.49. The van der Waals surface area contributed by atoms with E-state index in [1.165, 1.54) is 7.11 Å². The number of carbonyl (C=O) groups is 2. The third-order valence-corrected chi connectivity index (χ3v) is 6.58. The summed E-state index contributed by atoms with van der Waals surface area (Å²) in [5, 5.41) is 0. The average Bonchev–Trinajstić information content (AvgIpc) is 3.27. The Bertz CT molecular complexity index is 709. The minimum absolute atomic E-state index is 0.00396. The maximum atomic E-state index is 13.4. The highest BCUT2D eigenvalue weighted by Crippen LogP contribution is 2.62. The van der Waals surface area contributed by atoms with Crippen molar-refractivity contribution < 1.29 is 28.5 Å². The lowest BCUT2D eigenvalue weighted by molar-refractivity contribution is -0.150. The van der Waals surface area contributed by atoms with E-state index in [1.807, 2.05) is 0 Å². The van der Waals surface area contributed by atoms with Gasteiger partial charge in [0.15, 0.2) is 5.78 Å². The molecule has 3 atom stereocenters. The molecule has 3 rings (SSSR count). The Kier molecular flexibility index (Phi) is 5.36. The van der Waals surface area contributed by atoms with Crippen LogP contribution >= 0.6 is 0 Å². The van der Waals surface area contributed by atoms with Gasteiger partial charge in [0, 0.05) is 29.0 Å². The molecule has 2 aliphatic rings. The molecule has 0 radical (unpaired) electrons. The van der Waals surface area contributed by atoms with E-state index in [1.54, 1.807) is 33.5 Å². The molecule has 6 heteroatoms. The largest absolute Gasteiger partial charge is 0.496 e. The first-order valence-electron chi connectivity index (χ1n) is 9.37. The SMILES string of the molecule is COC(=O)C1C(=O)C2(CCCC2)[C@H](C)C1c1c(OC)cc(OC)cc1OC. The molecule has 0 aliphatic heterocycles. The standard InChI is InChI=1S/C21H28O6/c1-12-16(17-14(25-3)10-13(24-2)11-15(17)26-4)18(20(23)27-5)19(22)21(12)8-6-7-9-21/h10-12,16,18H,6-9H2,1-5H3/t12-,16?,18?/m1/s1. The maximum absolute atomic E-state index is 13.4. The number of ether oxygens (including phenoxy) is 4. The molecule has 2 fully saturated rings. The molecule has 27 heavy (non-hydrogen) atoms. The van der Waals surface area contributed by atoms with Crippen LogP contribution in [0, 0.1) is 17.3 Å². The summed E-state index contributed by atoms with van der Waals surface area (Å²) in [7, 11) is 6.04. The van der Waals surface area contributed by atoms with Crippen LogP contribution in [0.3, 0.4) is 0 Å². The lowest BCUT2D eigenvalue weighted by Crippen LogP contribution is -2.32. The number of carbonyl (C=O) groups excluding carboxylic acids is 2. The molecule has 0 aromatic heterocycles. The quantitative estimate of drug-likeness (QED) is 0.580. The van der Waals surface area contributed by atoms with Gasteiger partial charge in [-0.05, 0) is 18.8 Å². The summed E-state index contributed by atoms with van der Waals surface area (Å²) >= 11 is 0. The summed E-state index contributed by atoms with van der Waals surface area (Å²) in [5.41, 5.74) is 0.264. The minimum atomic E-state index is -0.848. The Morgan fingerprint density at radius 1 is 1.00 bits per heavy atom. The van der Waals surface area contributed by atoms with Crippen LogP contribution in [0.25, 0.3) is 0 Å². The van der Waals surface area contributed by atoms with E-state index < -0.39 is 17.3 Å². The molecule has 2 unspecified atom stereocenters. The van der Waals surface area contributed by atoms with Gasteiger partial charge in [-0.3, -0.25) is 9.59 Å². The lowest BCUT2D eigenvalue weighted by Gasteiger charge is -2.30. The zero-order valence-electron chi connectivity index (χ0n) is 16.7. The van der Waals surface area contributed by atoms with Gasteiger partial charge in [-0.1, -0.05) is 19.8 Å². The molecule has 1 aromatic rings. The summed E-state index contributed by atoms with van der Waals surface area (Å²) in [5.74, 6) is -0.00927. The van der Waals surface area contributed by atoms with Gasteiger partial charge in [0.1, 0.15) is 23.2 Å². The lowest BCUT2D eigenvalue weighted by atomic mass is 9.73. The fraction of sp³-hybridized carbons (Fsp3) is 0.619. The molecule has 0 N–H and O–H groups in total. The number of methoxy groups -OCH3 is 4. The molecule has 0 saturated heterocycles. The monoisotopic (exact) mass is 376 g/mol. The molecule has 1 aromatic carbocycles. The van der Waals surface area contributed by atoms with Gasteiger partial charge in [-0.2, -0.15) is 0 Å². The number of hydrogen-bond acceptors (Lipinski definition) is 6. The molecule has 0 bridgehead atoms. The third kappa shape index (κ3) is 2.86. The van der Waals surface area contributed by atoms with E-state index in [-0.39, 0.29) is 17.6 Å². The molecule has 0 heterocycles. The van der Waals surface area contributed by atoms with Crippen molar-refractivity contribution in [1.82, 2.24) is 0 Å². The zero-order chi connectivity index (χ0) is 19.8. The normalized spacial score (nSPS) is 26.3. The molecule has 0 amide bonds. The van der Waals surface area contributed by atoms with E-state index >= 15 is 0 Å². The van der Waals surface area contributed by atoms with Crippen molar-refractivity contribution in [2.75, 3.05) is 28.4 Å². The molecular weight excluding hydrogens is 348 g/mol. The topological polar surface area (TPSA) is 71.1 Å². The minimum Gasteiger partial charge on any atom is -0.496 e. The Balaban J connectivity index is 2.21. The summed E-state index contributed by atoms with van der Waals surface area (Å²) in [6.07, 6.45) is 3.65. The number of esters is 1. The number of Topliss-reactive ketones (excluding diaryl/α,β-unsaturated/α-hetero) is 1. The summed E-state index contributed by atoms with van der Waals surface area (Å²) < 4.78 is 21.6. The van der Waals surface area contributed by atoms with E-state index in [0.29, 0.717) is 17.2 Å². The van der Waals surface area contributed by atoms with E-state index in [2.05, 4.69) is 6.92 Å². The van der Waals surface area contributed by atoms with Crippen LogP contribution in [0.4, 0.5) is 0 Å². The Morgan fingerprint density at radius 3 is 2.00 bits per heavy atom. The van der Waals surface area contributed by atoms with Gasteiger partial charge >= 0.3 is 5.97 Å².